The fourth-order valence-corrected chi connectivity index (χ4v) is 2.65. The van der Waals surface area contributed by atoms with Gasteiger partial charge in [0.2, 0.25) is 0 Å². The Bertz CT molecular complexity index is 219. The van der Waals surface area contributed by atoms with Gasteiger partial charge in [0.05, 0.1) is 18.1 Å². The lowest BCUT2D eigenvalue weighted by molar-refractivity contribution is -0.161. The Morgan fingerprint density at radius 1 is 1.31 bits per heavy atom. The largest absolute Gasteiger partial charge is 0.466 e. The molecule has 1 aliphatic rings. The minimum atomic E-state index is -0.805. The molecule has 94 valence electrons. The third kappa shape index (κ3) is 3.21. The molecule has 1 fully saturated rings. The molecule has 0 radical (unpaired) electrons. The van der Waals surface area contributed by atoms with Crippen LogP contribution in [0.3, 0.4) is 0 Å². The van der Waals surface area contributed by atoms with E-state index >= 15 is 0 Å². The molecule has 0 aromatic rings. The van der Waals surface area contributed by atoms with Crippen LogP contribution in [0.5, 0.6) is 0 Å². The average molecular weight is 228 g/mol. The van der Waals surface area contributed by atoms with Gasteiger partial charge in [0.25, 0.3) is 0 Å². The van der Waals surface area contributed by atoms with Gasteiger partial charge in [0.15, 0.2) is 0 Å². The molecule has 0 aliphatic heterocycles. The van der Waals surface area contributed by atoms with Gasteiger partial charge in [-0.25, -0.2) is 0 Å². The van der Waals surface area contributed by atoms with Gasteiger partial charge in [-0.1, -0.05) is 32.6 Å². The average Bonchev–Trinajstić information content (AvgIpc) is 2.27. The number of carbonyl (C=O) groups is 1. The summed E-state index contributed by atoms with van der Waals surface area (Å²) in [6, 6.07) is 0. The number of esters is 1. The number of ether oxygens (including phenoxy) is 1. The summed E-state index contributed by atoms with van der Waals surface area (Å²) in [5.74, 6) is -0.536. The predicted molar refractivity (Wildman–Crippen MR) is 63.1 cm³/mol. The normalized spacial score (nSPS) is 21.4. The lowest BCUT2D eigenvalue weighted by Crippen LogP contribution is -2.44. The molecular formula is C13H24O3. The van der Waals surface area contributed by atoms with Gasteiger partial charge in [-0.2, -0.15) is 0 Å². The Labute approximate surface area is 98.2 Å². The van der Waals surface area contributed by atoms with Gasteiger partial charge in [-0.05, 0) is 26.2 Å². The Balaban J connectivity index is 2.70. The van der Waals surface area contributed by atoms with E-state index in [1.807, 2.05) is 13.8 Å². The molecule has 1 N–H and O–H groups in total. The lowest BCUT2D eigenvalue weighted by Gasteiger charge is -2.37. The molecular weight excluding hydrogens is 204 g/mol. The summed E-state index contributed by atoms with van der Waals surface area (Å²) in [4.78, 5) is 11.9. The molecule has 0 saturated heterocycles. The van der Waals surface area contributed by atoms with Crippen LogP contribution in [0.25, 0.3) is 0 Å². The highest BCUT2D eigenvalue weighted by molar-refractivity contribution is 5.73. The molecule has 3 heteroatoms. The molecule has 1 rings (SSSR count). The fourth-order valence-electron chi connectivity index (χ4n) is 2.65. The van der Waals surface area contributed by atoms with Crippen LogP contribution in [0.2, 0.25) is 0 Å². The van der Waals surface area contributed by atoms with Crippen molar-refractivity contribution in [1.29, 1.82) is 0 Å². The maximum absolute atomic E-state index is 11.9. The second-order valence-corrected chi connectivity index (χ2v) is 4.76. The summed E-state index contributed by atoms with van der Waals surface area (Å²) in [6.07, 6.45) is 6.35. The summed E-state index contributed by atoms with van der Waals surface area (Å²) >= 11 is 0. The number of hydrogen-bond acceptors (Lipinski definition) is 3. The zero-order chi connectivity index (χ0) is 12.0. The lowest BCUT2D eigenvalue weighted by atomic mass is 9.74. The third-order valence-electron chi connectivity index (χ3n) is 3.52. The van der Waals surface area contributed by atoms with Gasteiger partial charge in [0, 0.05) is 0 Å². The first kappa shape index (κ1) is 13.5. The van der Waals surface area contributed by atoms with E-state index in [4.69, 9.17) is 4.74 Å². The van der Waals surface area contributed by atoms with Crippen LogP contribution in [0, 0.1) is 5.92 Å². The molecule has 0 amide bonds. The second kappa shape index (κ2) is 6.24. The van der Waals surface area contributed by atoms with Gasteiger partial charge in [-0.3, -0.25) is 4.79 Å². The molecule has 0 aromatic heterocycles. The SMILES string of the molecule is CCCC(C(=O)OCC)C1(O)CCCCC1. The van der Waals surface area contributed by atoms with Crippen LogP contribution in [0.15, 0.2) is 0 Å². The third-order valence-corrected chi connectivity index (χ3v) is 3.52. The van der Waals surface area contributed by atoms with Gasteiger partial charge < -0.3 is 9.84 Å². The number of carbonyl (C=O) groups excluding carboxylic acids is 1. The van der Waals surface area contributed by atoms with Crippen molar-refractivity contribution in [3.8, 4) is 0 Å². The zero-order valence-corrected chi connectivity index (χ0v) is 10.5. The Morgan fingerprint density at radius 3 is 2.44 bits per heavy atom. The van der Waals surface area contributed by atoms with Gasteiger partial charge >= 0.3 is 5.97 Å². The maximum atomic E-state index is 11.9. The highest BCUT2D eigenvalue weighted by Crippen LogP contribution is 2.37. The van der Waals surface area contributed by atoms with Crippen LogP contribution in [0.4, 0.5) is 0 Å². The molecule has 3 nitrogen and oxygen atoms in total. The van der Waals surface area contributed by atoms with Crippen molar-refractivity contribution in [2.75, 3.05) is 6.61 Å². The summed E-state index contributed by atoms with van der Waals surface area (Å²) < 4.78 is 5.08. The van der Waals surface area contributed by atoms with E-state index in [1.165, 1.54) is 6.42 Å². The standard InChI is InChI=1S/C13H24O3/c1-3-8-11(12(14)16-4-2)13(15)9-6-5-7-10-13/h11,15H,3-10H2,1-2H3. The Kier molecular flexibility index (Phi) is 5.26. The van der Waals surface area contributed by atoms with Crippen molar-refractivity contribution in [3.63, 3.8) is 0 Å². The second-order valence-electron chi connectivity index (χ2n) is 4.76. The van der Waals surface area contributed by atoms with Crippen molar-refractivity contribution >= 4 is 5.97 Å². The first-order chi connectivity index (χ1) is 7.64. The van der Waals surface area contributed by atoms with Crippen LogP contribution < -0.4 is 0 Å². The quantitative estimate of drug-likeness (QED) is 0.736. The first-order valence-electron chi connectivity index (χ1n) is 6.53. The highest BCUT2D eigenvalue weighted by atomic mass is 16.5. The van der Waals surface area contributed by atoms with Gasteiger partial charge in [0.1, 0.15) is 0 Å². The van der Waals surface area contributed by atoms with E-state index in [-0.39, 0.29) is 11.9 Å². The molecule has 1 atom stereocenters. The summed E-state index contributed by atoms with van der Waals surface area (Å²) in [5.41, 5.74) is -0.805. The smallest absolute Gasteiger partial charge is 0.311 e. The van der Waals surface area contributed by atoms with Crippen LogP contribution in [0.1, 0.15) is 58.8 Å². The van der Waals surface area contributed by atoms with Crippen LogP contribution in [-0.2, 0) is 9.53 Å². The Hall–Kier alpha value is -0.570. The molecule has 1 saturated carbocycles. The van der Waals surface area contributed by atoms with Crippen molar-refractivity contribution in [3.05, 3.63) is 0 Å². The van der Waals surface area contributed by atoms with E-state index in [0.717, 1.165) is 38.5 Å². The van der Waals surface area contributed by atoms with E-state index in [0.29, 0.717) is 6.61 Å². The molecule has 0 aromatic carbocycles. The van der Waals surface area contributed by atoms with Crippen molar-refractivity contribution in [1.82, 2.24) is 0 Å². The number of hydrogen-bond donors (Lipinski definition) is 1. The van der Waals surface area contributed by atoms with Crippen LogP contribution in [-0.4, -0.2) is 23.3 Å². The summed E-state index contributed by atoms with van der Waals surface area (Å²) in [5, 5.41) is 10.6. The molecule has 16 heavy (non-hydrogen) atoms. The van der Waals surface area contributed by atoms with E-state index in [9.17, 15) is 9.90 Å². The molecule has 0 heterocycles. The Morgan fingerprint density at radius 2 is 1.94 bits per heavy atom. The topological polar surface area (TPSA) is 46.5 Å². The fraction of sp³-hybridized carbons (Fsp3) is 0.923. The van der Waals surface area contributed by atoms with Crippen molar-refractivity contribution in [2.24, 2.45) is 5.92 Å². The van der Waals surface area contributed by atoms with E-state index in [2.05, 4.69) is 0 Å². The minimum absolute atomic E-state index is 0.214. The van der Waals surface area contributed by atoms with Crippen LogP contribution >= 0.6 is 0 Å². The maximum Gasteiger partial charge on any atom is 0.311 e. The minimum Gasteiger partial charge on any atom is -0.466 e. The van der Waals surface area contributed by atoms with Crippen molar-refractivity contribution < 1.29 is 14.6 Å². The molecule has 1 aliphatic carbocycles. The highest BCUT2D eigenvalue weighted by Gasteiger charge is 2.42. The van der Waals surface area contributed by atoms with E-state index < -0.39 is 5.60 Å². The zero-order valence-electron chi connectivity index (χ0n) is 10.5. The number of aliphatic hydroxyl groups is 1. The number of rotatable bonds is 5. The van der Waals surface area contributed by atoms with Crippen molar-refractivity contribution in [2.45, 2.75) is 64.4 Å². The van der Waals surface area contributed by atoms with Gasteiger partial charge in [-0.15, -0.1) is 0 Å². The summed E-state index contributed by atoms with van der Waals surface area (Å²) in [7, 11) is 0. The molecule has 1 unspecified atom stereocenters. The van der Waals surface area contributed by atoms with E-state index in [1.54, 1.807) is 0 Å². The predicted octanol–water partition coefficient (Wildman–Crippen LogP) is 2.66. The first-order valence-corrected chi connectivity index (χ1v) is 6.53. The molecule has 0 bridgehead atoms. The summed E-state index contributed by atoms with van der Waals surface area (Å²) in [6.45, 7) is 4.25. The monoisotopic (exact) mass is 228 g/mol. The molecule has 0 spiro atoms.